The number of carbonyl (C=O) groups is 1. The molecule has 2 aromatic rings. The molecule has 0 aliphatic rings. The van der Waals surface area contributed by atoms with Gasteiger partial charge in [-0.3, -0.25) is 10.1 Å². The van der Waals surface area contributed by atoms with Gasteiger partial charge in [0.15, 0.2) is 0 Å². The lowest BCUT2D eigenvalue weighted by Gasteiger charge is -1.97. The van der Waals surface area contributed by atoms with Gasteiger partial charge in [-0.2, -0.15) is 11.8 Å². The first-order valence-electron chi connectivity index (χ1n) is 5.43. The van der Waals surface area contributed by atoms with Crippen LogP contribution in [0.2, 0.25) is 0 Å². The van der Waals surface area contributed by atoms with Crippen LogP contribution in [0.15, 0.2) is 30.3 Å². The van der Waals surface area contributed by atoms with Gasteiger partial charge in [0.05, 0.1) is 5.75 Å². The summed E-state index contributed by atoms with van der Waals surface area (Å²) in [5.41, 5.74) is 1.19. The molecular formula is C12H13N3OS2. The lowest BCUT2D eigenvalue weighted by atomic mass is 10.2. The van der Waals surface area contributed by atoms with Crippen molar-refractivity contribution >= 4 is 34.1 Å². The fraction of sp³-hybridized carbons (Fsp3) is 0.250. The topological polar surface area (TPSA) is 54.9 Å². The van der Waals surface area contributed by atoms with Crippen LogP contribution in [-0.4, -0.2) is 28.1 Å². The molecule has 1 heterocycles. The van der Waals surface area contributed by atoms with E-state index in [0.717, 1.165) is 11.4 Å². The van der Waals surface area contributed by atoms with Gasteiger partial charge in [-0.1, -0.05) is 41.7 Å². The molecule has 0 aliphatic heterocycles. The Morgan fingerprint density at radius 1 is 1.33 bits per heavy atom. The molecule has 0 unspecified atom stereocenters. The Balaban J connectivity index is 1.96. The maximum Gasteiger partial charge on any atom is 0.236 e. The summed E-state index contributed by atoms with van der Waals surface area (Å²) < 4.78 is 0. The molecule has 0 radical (unpaired) electrons. The second kappa shape index (κ2) is 6.51. The van der Waals surface area contributed by atoms with E-state index < -0.39 is 0 Å². The van der Waals surface area contributed by atoms with Crippen molar-refractivity contribution in [3.63, 3.8) is 0 Å². The molecule has 1 aromatic carbocycles. The van der Waals surface area contributed by atoms with E-state index in [2.05, 4.69) is 15.5 Å². The highest BCUT2D eigenvalue weighted by molar-refractivity contribution is 7.99. The summed E-state index contributed by atoms with van der Waals surface area (Å²) in [6.07, 6.45) is 2.64. The number of amides is 1. The molecule has 2 rings (SSSR count). The molecule has 0 spiro atoms. The van der Waals surface area contributed by atoms with Crippen molar-refractivity contribution < 1.29 is 4.79 Å². The predicted octanol–water partition coefficient (Wildman–Crippen LogP) is 2.43. The first kappa shape index (κ1) is 13.0. The van der Waals surface area contributed by atoms with Gasteiger partial charge in [0.2, 0.25) is 11.0 Å². The van der Waals surface area contributed by atoms with Crippen LogP contribution < -0.4 is 5.32 Å². The molecule has 0 fully saturated rings. The zero-order valence-electron chi connectivity index (χ0n) is 9.92. The number of nitrogens with zero attached hydrogens (tertiary/aromatic N) is 2. The van der Waals surface area contributed by atoms with Crippen molar-refractivity contribution in [1.29, 1.82) is 0 Å². The van der Waals surface area contributed by atoms with Crippen LogP contribution in [0.4, 0.5) is 5.13 Å². The van der Waals surface area contributed by atoms with Crippen LogP contribution in [0, 0.1) is 0 Å². The molecule has 0 bridgehead atoms. The summed E-state index contributed by atoms with van der Waals surface area (Å²) >= 11 is 2.90. The fourth-order valence-electron chi connectivity index (χ4n) is 1.43. The van der Waals surface area contributed by atoms with Crippen molar-refractivity contribution in [3.05, 3.63) is 40.9 Å². The van der Waals surface area contributed by atoms with Crippen molar-refractivity contribution in [2.45, 2.75) is 6.42 Å². The Labute approximate surface area is 114 Å². The van der Waals surface area contributed by atoms with Crippen LogP contribution >= 0.6 is 23.1 Å². The monoisotopic (exact) mass is 279 g/mol. The average Bonchev–Trinajstić information content (AvgIpc) is 2.78. The third-order valence-electron chi connectivity index (χ3n) is 2.19. The van der Waals surface area contributed by atoms with Crippen LogP contribution in [0.3, 0.4) is 0 Å². The summed E-state index contributed by atoms with van der Waals surface area (Å²) in [6, 6.07) is 10.1. The maximum absolute atomic E-state index is 11.4. The minimum Gasteiger partial charge on any atom is -0.300 e. The number of benzene rings is 1. The molecular weight excluding hydrogens is 266 g/mol. The number of carbonyl (C=O) groups excluding carboxylic acids is 1. The highest BCUT2D eigenvalue weighted by atomic mass is 32.2. The molecule has 1 N–H and O–H groups in total. The van der Waals surface area contributed by atoms with E-state index in [1.165, 1.54) is 28.7 Å². The number of nitrogens with one attached hydrogen (secondary N) is 1. The van der Waals surface area contributed by atoms with Gasteiger partial charge in [-0.15, -0.1) is 10.2 Å². The summed E-state index contributed by atoms with van der Waals surface area (Å²) in [7, 11) is 0. The standard InChI is InChI=1S/C12H13N3OS2/c1-17-8-10(16)13-12-15-14-11(18-12)7-9-5-3-2-4-6-9/h2-6H,7-8H2,1H3,(H,13,15,16). The number of hydrogen-bond acceptors (Lipinski definition) is 5. The molecule has 0 aliphatic carbocycles. The lowest BCUT2D eigenvalue weighted by Crippen LogP contribution is -2.13. The molecule has 94 valence electrons. The van der Waals surface area contributed by atoms with Crippen LogP contribution in [0.5, 0.6) is 0 Å². The van der Waals surface area contributed by atoms with E-state index >= 15 is 0 Å². The van der Waals surface area contributed by atoms with Gasteiger partial charge in [0.25, 0.3) is 0 Å². The Morgan fingerprint density at radius 2 is 2.11 bits per heavy atom. The largest absolute Gasteiger partial charge is 0.300 e. The maximum atomic E-state index is 11.4. The highest BCUT2D eigenvalue weighted by Gasteiger charge is 2.07. The van der Waals surface area contributed by atoms with Crippen LogP contribution in [0.25, 0.3) is 0 Å². The molecule has 6 heteroatoms. The van der Waals surface area contributed by atoms with Gasteiger partial charge >= 0.3 is 0 Å². The predicted molar refractivity (Wildman–Crippen MR) is 76.2 cm³/mol. The molecule has 0 atom stereocenters. The summed E-state index contributed by atoms with van der Waals surface area (Å²) in [5, 5.41) is 12.2. The van der Waals surface area contributed by atoms with Crippen LogP contribution in [0.1, 0.15) is 10.6 Å². The van der Waals surface area contributed by atoms with Crippen LogP contribution in [-0.2, 0) is 11.2 Å². The molecule has 4 nitrogen and oxygen atoms in total. The quantitative estimate of drug-likeness (QED) is 0.913. The third kappa shape index (κ3) is 3.82. The zero-order chi connectivity index (χ0) is 12.8. The van der Waals surface area contributed by atoms with E-state index in [1.54, 1.807) is 0 Å². The van der Waals surface area contributed by atoms with Gasteiger partial charge in [0.1, 0.15) is 5.01 Å². The minimum absolute atomic E-state index is 0.0371. The van der Waals surface area contributed by atoms with E-state index in [1.807, 2.05) is 36.6 Å². The zero-order valence-corrected chi connectivity index (χ0v) is 11.6. The van der Waals surface area contributed by atoms with Crippen molar-refractivity contribution in [3.8, 4) is 0 Å². The number of hydrogen-bond donors (Lipinski definition) is 1. The smallest absolute Gasteiger partial charge is 0.236 e. The Kier molecular flexibility index (Phi) is 4.72. The first-order chi connectivity index (χ1) is 8.78. The molecule has 1 aromatic heterocycles. The Hall–Kier alpha value is -1.40. The number of thioether (sulfide) groups is 1. The number of rotatable bonds is 5. The first-order valence-corrected chi connectivity index (χ1v) is 7.64. The molecule has 0 saturated heterocycles. The van der Waals surface area contributed by atoms with Crippen molar-refractivity contribution in [2.24, 2.45) is 0 Å². The molecule has 0 saturated carbocycles. The van der Waals surface area contributed by atoms with Crippen molar-refractivity contribution in [2.75, 3.05) is 17.3 Å². The van der Waals surface area contributed by atoms with Crippen molar-refractivity contribution in [1.82, 2.24) is 10.2 Å². The number of anilines is 1. The van der Waals surface area contributed by atoms with Gasteiger partial charge in [-0.25, -0.2) is 0 Å². The molecule has 18 heavy (non-hydrogen) atoms. The summed E-state index contributed by atoms with van der Waals surface area (Å²) in [6.45, 7) is 0. The Morgan fingerprint density at radius 3 is 2.83 bits per heavy atom. The van der Waals surface area contributed by atoms with Gasteiger partial charge in [0, 0.05) is 6.42 Å². The minimum atomic E-state index is -0.0371. The lowest BCUT2D eigenvalue weighted by molar-refractivity contribution is -0.113. The van der Waals surface area contributed by atoms with E-state index in [4.69, 9.17) is 0 Å². The third-order valence-corrected chi connectivity index (χ3v) is 3.58. The SMILES string of the molecule is CSCC(=O)Nc1nnc(Cc2ccccc2)s1. The van der Waals surface area contributed by atoms with Gasteiger partial charge in [-0.05, 0) is 11.8 Å². The summed E-state index contributed by atoms with van der Waals surface area (Å²) in [5.74, 6) is 0.401. The Bertz CT molecular complexity index is 513. The average molecular weight is 279 g/mol. The fourth-order valence-corrected chi connectivity index (χ4v) is 2.56. The normalized spacial score (nSPS) is 10.3. The number of aromatic nitrogens is 2. The molecule has 1 amide bonds. The highest BCUT2D eigenvalue weighted by Crippen LogP contribution is 2.18. The second-order valence-corrected chi connectivity index (χ2v) is 5.57. The summed E-state index contributed by atoms with van der Waals surface area (Å²) in [4.78, 5) is 11.4. The second-order valence-electron chi connectivity index (χ2n) is 3.64. The van der Waals surface area contributed by atoms with Gasteiger partial charge < -0.3 is 0 Å². The van der Waals surface area contributed by atoms with E-state index in [9.17, 15) is 4.79 Å². The van der Waals surface area contributed by atoms with E-state index in [-0.39, 0.29) is 5.91 Å². The van der Waals surface area contributed by atoms with E-state index in [0.29, 0.717) is 10.9 Å².